The van der Waals surface area contributed by atoms with E-state index in [4.69, 9.17) is 19.2 Å². The summed E-state index contributed by atoms with van der Waals surface area (Å²) in [6.07, 6.45) is 0. The molecule has 3 aliphatic rings. The number of nitrogens with zero attached hydrogens (tertiary/aromatic N) is 3. The Morgan fingerprint density at radius 1 is 0.745 bits per heavy atom. The predicted octanol–water partition coefficient (Wildman–Crippen LogP) is 5.82. The van der Waals surface area contributed by atoms with Crippen molar-refractivity contribution < 1.29 is 23.9 Å². The van der Waals surface area contributed by atoms with Crippen LogP contribution in [-0.2, 0) is 30.5 Å². The van der Waals surface area contributed by atoms with Crippen LogP contribution in [0.5, 0.6) is 0 Å². The Bertz CT molecular complexity index is 2080. The normalized spacial score (nSPS) is 24.1. The first-order valence-corrected chi connectivity index (χ1v) is 18.7. The number of carbonyl (C=O) groups excluding carboxylic acids is 3. The highest BCUT2D eigenvalue weighted by atomic mass is 31.2. The van der Waals surface area contributed by atoms with Crippen molar-refractivity contribution in [2.75, 3.05) is 13.3 Å². The molecular weight excluding hydrogens is 657 g/mol. The van der Waals surface area contributed by atoms with E-state index in [1.54, 1.807) is 6.92 Å². The summed E-state index contributed by atoms with van der Waals surface area (Å²) in [5.74, 6) is -3.01. The van der Waals surface area contributed by atoms with E-state index in [-0.39, 0.29) is 25.9 Å². The summed E-state index contributed by atoms with van der Waals surface area (Å²) < 4.78 is 17.4. The third-order valence-electron chi connectivity index (χ3n) is 10.4. The number of fused-ring (bicyclic) bond motifs is 1. The first-order valence-electron chi connectivity index (χ1n) is 17.0. The number of hydrogen-bond acceptors (Lipinski definition) is 7. The zero-order valence-corrected chi connectivity index (χ0v) is 28.9. The molecule has 2 heterocycles. The third-order valence-corrected chi connectivity index (χ3v) is 14.1. The fraction of sp³-hybridized carbons (Fsp3) is 0.190. The molecule has 5 aromatic carbocycles. The minimum atomic E-state index is -2.94. The van der Waals surface area contributed by atoms with Gasteiger partial charge in [0.2, 0.25) is 11.5 Å². The number of ether oxygens (including phenoxy) is 2. The number of amides is 1. The molecule has 0 radical (unpaired) electrons. The summed E-state index contributed by atoms with van der Waals surface area (Å²) in [4.78, 5) is 50.3. The van der Waals surface area contributed by atoms with Gasteiger partial charge < -0.3 is 9.47 Å². The highest BCUT2D eigenvalue weighted by Crippen LogP contribution is 2.61. The maximum atomic E-state index is 15.3. The van der Waals surface area contributed by atoms with Crippen LogP contribution in [0.15, 0.2) is 161 Å². The van der Waals surface area contributed by atoms with Crippen molar-refractivity contribution in [3.8, 4) is 0 Å². The van der Waals surface area contributed by atoms with Gasteiger partial charge in [-0.25, -0.2) is 9.74 Å². The van der Waals surface area contributed by atoms with Gasteiger partial charge in [0.05, 0.1) is 20.3 Å². The first kappa shape index (κ1) is 32.8. The maximum absolute atomic E-state index is 15.3. The zero-order valence-electron chi connectivity index (χ0n) is 28.0. The second kappa shape index (κ2) is 13.0. The SMILES string of the molecule is C[C@]12C(=O)OC[C@H]1[C@H](c1ccccc1)[C@@]1(N=C(N=P(c3ccccc3)(c3ccccc3)c3ccccc3)N(COCc3ccccc3)C1=O)C2=O. The number of guanidine groups is 1. The Hall–Kier alpha value is -5.43. The van der Waals surface area contributed by atoms with E-state index >= 15 is 4.79 Å². The van der Waals surface area contributed by atoms with Crippen molar-refractivity contribution in [2.45, 2.75) is 25.0 Å². The number of rotatable bonds is 8. The van der Waals surface area contributed by atoms with E-state index in [2.05, 4.69) is 36.4 Å². The molecule has 8 nitrogen and oxygen atoms in total. The van der Waals surface area contributed by atoms with Gasteiger partial charge in [0.1, 0.15) is 12.1 Å². The molecule has 1 aliphatic carbocycles. The van der Waals surface area contributed by atoms with Crippen LogP contribution >= 0.6 is 7.05 Å². The number of hydrogen-bond donors (Lipinski definition) is 0. The summed E-state index contributed by atoms with van der Waals surface area (Å²) in [6.45, 7) is 1.64. The second-order valence-corrected chi connectivity index (χ2v) is 16.3. The summed E-state index contributed by atoms with van der Waals surface area (Å²) >= 11 is 0. The van der Waals surface area contributed by atoms with Crippen LogP contribution in [0.25, 0.3) is 0 Å². The van der Waals surface area contributed by atoms with Gasteiger partial charge >= 0.3 is 5.97 Å². The summed E-state index contributed by atoms with van der Waals surface area (Å²) in [7, 11) is -2.94. The molecule has 1 saturated carbocycles. The Labute approximate surface area is 296 Å². The van der Waals surface area contributed by atoms with Crippen molar-refractivity contribution in [1.82, 2.24) is 4.90 Å². The fourth-order valence-electron chi connectivity index (χ4n) is 7.91. The van der Waals surface area contributed by atoms with Crippen LogP contribution < -0.4 is 15.9 Å². The number of Topliss-reactive ketones (excluding diaryl/α,β-unsaturated/α-hetero) is 1. The van der Waals surface area contributed by atoms with E-state index in [1.807, 2.05) is 115 Å². The van der Waals surface area contributed by atoms with Crippen LogP contribution in [0.3, 0.4) is 0 Å². The number of esters is 1. The van der Waals surface area contributed by atoms with E-state index < -0.39 is 47.5 Å². The van der Waals surface area contributed by atoms with Crippen molar-refractivity contribution >= 4 is 46.6 Å². The summed E-state index contributed by atoms with van der Waals surface area (Å²) in [5.41, 5.74) is -1.85. The first-order chi connectivity index (χ1) is 24.9. The molecule has 5 aromatic rings. The Balaban J connectivity index is 1.40. The quantitative estimate of drug-likeness (QED) is 0.116. The molecule has 0 unspecified atom stereocenters. The number of benzene rings is 5. The molecule has 1 spiro atoms. The Morgan fingerprint density at radius 3 is 1.76 bits per heavy atom. The van der Waals surface area contributed by atoms with Gasteiger partial charge in [-0.3, -0.25) is 19.3 Å². The molecule has 0 aromatic heterocycles. The van der Waals surface area contributed by atoms with Gasteiger partial charge in [0.15, 0.2) is 5.78 Å². The molecule has 51 heavy (non-hydrogen) atoms. The molecule has 0 bridgehead atoms. The lowest BCUT2D eigenvalue weighted by Gasteiger charge is -2.29. The zero-order chi connectivity index (χ0) is 35.1. The van der Waals surface area contributed by atoms with Gasteiger partial charge in [-0.2, -0.15) is 0 Å². The lowest BCUT2D eigenvalue weighted by Crippen LogP contribution is -2.52. The lowest BCUT2D eigenvalue weighted by molar-refractivity contribution is -0.152. The van der Waals surface area contributed by atoms with Crippen LogP contribution in [0, 0.1) is 11.3 Å². The predicted molar refractivity (Wildman–Crippen MR) is 197 cm³/mol. The standard InChI is InChI=1S/C42H36N3O5P/c1-41-35(28-50-39(41)48)36(31-19-9-3-10-20-31)42(37(41)46)38(47)45(29-49-27-30-17-7-2-8-18-30)40(43-42)44-51(32-21-11-4-12-22-32,33-23-13-5-14-24-33)34-25-15-6-16-26-34/h2-26,35-36H,27-29H2,1H3/t35-,36-,41-,42+/m0/s1. The van der Waals surface area contributed by atoms with Gasteiger partial charge in [0.25, 0.3) is 5.91 Å². The molecule has 9 heteroatoms. The van der Waals surface area contributed by atoms with E-state index in [0.717, 1.165) is 27.0 Å². The maximum Gasteiger partial charge on any atom is 0.319 e. The molecular formula is C42H36N3O5P. The van der Waals surface area contributed by atoms with Crippen LogP contribution in [-0.4, -0.2) is 47.4 Å². The molecule has 2 fully saturated rings. The highest BCUT2D eigenvalue weighted by molar-refractivity contribution is 7.87. The molecule has 4 atom stereocenters. The van der Waals surface area contributed by atoms with E-state index in [9.17, 15) is 9.59 Å². The number of cyclic esters (lactones) is 1. The second-order valence-electron chi connectivity index (χ2n) is 13.2. The largest absolute Gasteiger partial charge is 0.465 e. The van der Waals surface area contributed by atoms with Crippen molar-refractivity contribution in [1.29, 1.82) is 0 Å². The van der Waals surface area contributed by atoms with Gasteiger partial charge in [-0.05, 0) is 18.1 Å². The molecule has 2 aliphatic heterocycles. The lowest BCUT2D eigenvalue weighted by atomic mass is 9.76. The van der Waals surface area contributed by atoms with Crippen molar-refractivity contribution in [3.63, 3.8) is 0 Å². The highest BCUT2D eigenvalue weighted by Gasteiger charge is 2.77. The van der Waals surface area contributed by atoms with Crippen LogP contribution in [0.2, 0.25) is 0 Å². The van der Waals surface area contributed by atoms with E-state index in [1.165, 1.54) is 4.90 Å². The van der Waals surface area contributed by atoms with Gasteiger partial charge in [-0.1, -0.05) is 152 Å². The monoisotopic (exact) mass is 693 g/mol. The molecule has 1 amide bonds. The summed E-state index contributed by atoms with van der Waals surface area (Å²) in [5, 5.41) is 2.86. The van der Waals surface area contributed by atoms with Crippen LogP contribution in [0.1, 0.15) is 24.0 Å². The number of carbonyl (C=O) groups is 3. The minimum absolute atomic E-state index is 0.0111. The van der Waals surface area contributed by atoms with Gasteiger partial charge in [-0.15, -0.1) is 0 Å². The average molecular weight is 694 g/mol. The fourth-order valence-corrected chi connectivity index (χ4v) is 11.4. The Morgan fingerprint density at radius 2 is 1.24 bits per heavy atom. The Kier molecular flexibility index (Phi) is 8.37. The topological polar surface area (TPSA) is 97.6 Å². The summed E-state index contributed by atoms with van der Waals surface area (Å²) in [6, 6.07) is 49.1. The van der Waals surface area contributed by atoms with Crippen molar-refractivity contribution in [2.24, 2.45) is 21.1 Å². The van der Waals surface area contributed by atoms with Gasteiger partial charge in [0, 0.05) is 27.7 Å². The molecule has 0 N–H and O–H groups in total. The molecule has 254 valence electrons. The smallest absolute Gasteiger partial charge is 0.319 e. The average Bonchev–Trinajstić information content (AvgIpc) is 3.71. The molecule has 1 saturated heterocycles. The number of aliphatic imine (C=N–C) groups is 1. The molecule has 8 rings (SSSR count). The number of ketones is 1. The third kappa shape index (κ3) is 5.12. The van der Waals surface area contributed by atoms with Crippen molar-refractivity contribution in [3.05, 3.63) is 163 Å². The van der Waals surface area contributed by atoms with Crippen LogP contribution in [0.4, 0.5) is 0 Å². The van der Waals surface area contributed by atoms with E-state index in [0.29, 0.717) is 0 Å². The minimum Gasteiger partial charge on any atom is -0.465 e.